The second-order valence-corrected chi connectivity index (χ2v) is 8.63. The Bertz CT molecular complexity index is 1040. The number of carbonyl (C=O) groups is 1. The first-order valence-electron chi connectivity index (χ1n) is 9.65. The lowest BCUT2D eigenvalue weighted by Gasteiger charge is -2.31. The highest BCUT2D eigenvalue weighted by Gasteiger charge is 2.28. The standard InChI is InChI=1S/C21H22ClN3O3S/c1-3-28-15-6-4-13(5-7-15)16-12(2)29-19-17(16)18(23-21(22)24-19)25-10-8-14(9-11-25)20(26)27/h4-7,14H,3,8-11H2,1-2H3,(H,26,27). The van der Waals surface area contributed by atoms with Gasteiger partial charge in [0.05, 0.1) is 17.9 Å². The summed E-state index contributed by atoms with van der Waals surface area (Å²) in [6.45, 7) is 5.94. The number of hydrogen-bond acceptors (Lipinski definition) is 6. The molecule has 0 spiro atoms. The maximum absolute atomic E-state index is 11.3. The van der Waals surface area contributed by atoms with E-state index >= 15 is 0 Å². The average molecular weight is 432 g/mol. The number of aryl methyl sites for hydroxylation is 1. The Morgan fingerprint density at radius 3 is 2.59 bits per heavy atom. The van der Waals surface area contributed by atoms with Crippen LogP contribution >= 0.6 is 22.9 Å². The highest BCUT2D eigenvalue weighted by Crippen LogP contribution is 2.43. The van der Waals surface area contributed by atoms with Crippen molar-refractivity contribution in [3.05, 3.63) is 34.4 Å². The number of carboxylic acid groups (broad SMARTS) is 1. The summed E-state index contributed by atoms with van der Waals surface area (Å²) in [6, 6.07) is 8.04. The summed E-state index contributed by atoms with van der Waals surface area (Å²) in [5, 5.41) is 10.5. The fourth-order valence-electron chi connectivity index (χ4n) is 3.87. The van der Waals surface area contributed by atoms with E-state index in [-0.39, 0.29) is 11.2 Å². The highest BCUT2D eigenvalue weighted by molar-refractivity contribution is 7.19. The number of rotatable bonds is 5. The number of benzene rings is 1. The van der Waals surface area contributed by atoms with Crippen LogP contribution in [0.2, 0.25) is 5.28 Å². The lowest BCUT2D eigenvalue weighted by atomic mass is 9.96. The van der Waals surface area contributed by atoms with Gasteiger partial charge in [0.25, 0.3) is 0 Å². The van der Waals surface area contributed by atoms with Crippen LogP contribution in [0.4, 0.5) is 5.82 Å². The maximum Gasteiger partial charge on any atom is 0.306 e. The zero-order valence-electron chi connectivity index (χ0n) is 16.3. The number of fused-ring (bicyclic) bond motifs is 1. The minimum Gasteiger partial charge on any atom is -0.494 e. The number of piperidine rings is 1. The lowest BCUT2D eigenvalue weighted by Crippen LogP contribution is -2.37. The maximum atomic E-state index is 11.3. The lowest BCUT2D eigenvalue weighted by molar-refractivity contribution is -0.142. The molecule has 1 aliphatic heterocycles. The quantitative estimate of drug-likeness (QED) is 0.571. The van der Waals surface area contributed by atoms with Crippen LogP contribution < -0.4 is 9.64 Å². The molecule has 1 saturated heterocycles. The number of hydrogen-bond donors (Lipinski definition) is 1. The second-order valence-electron chi connectivity index (χ2n) is 7.09. The molecule has 1 fully saturated rings. The molecule has 3 heterocycles. The van der Waals surface area contributed by atoms with Crippen LogP contribution in [0.25, 0.3) is 21.3 Å². The SMILES string of the molecule is CCOc1ccc(-c2c(C)sc3nc(Cl)nc(N4CCC(C(=O)O)CC4)c23)cc1. The van der Waals surface area contributed by atoms with E-state index in [9.17, 15) is 9.90 Å². The molecule has 0 aliphatic carbocycles. The zero-order chi connectivity index (χ0) is 20.5. The molecule has 0 radical (unpaired) electrons. The molecular weight excluding hydrogens is 410 g/mol. The summed E-state index contributed by atoms with van der Waals surface area (Å²) in [5.41, 5.74) is 2.17. The molecule has 1 aliphatic rings. The van der Waals surface area contributed by atoms with Crippen LogP contribution in [0.1, 0.15) is 24.6 Å². The Morgan fingerprint density at radius 1 is 1.28 bits per heavy atom. The third-order valence-electron chi connectivity index (χ3n) is 5.28. The number of carboxylic acids is 1. The number of halogens is 1. The smallest absolute Gasteiger partial charge is 0.306 e. The second kappa shape index (κ2) is 8.16. The first-order chi connectivity index (χ1) is 14.0. The number of anilines is 1. The van der Waals surface area contributed by atoms with Gasteiger partial charge < -0.3 is 14.7 Å². The molecule has 3 aromatic rings. The summed E-state index contributed by atoms with van der Waals surface area (Å²) in [4.78, 5) is 24.4. The van der Waals surface area contributed by atoms with Crippen molar-refractivity contribution >= 4 is 44.9 Å². The predicted octanol–water partition coefficient (Wildman–Crippen LogP) is 5.02. The van der Waals surface area contributed by atoms with Gasteiger partial charge in [0, 0.05) is 23.5 Å². The zero-order valence-corrected chi connectivity index (χ0v) is 17.9. The monoisotopic (exact) mass is 431 g/mol. The summed E-state index contributed by atoms with van der Waals surface area (Å²) < 4.78 is 5.56. The summed E-state index contributed by atoms with van der Waals surface area (Å²) in [7, 11) is 0. The van der Waals surface area contributed by atoms with Crippen LogP contribution in [0.3, 0.4) is 0 Å². The van der Waals surface area contributed by atoms with Crippen molar-refractivity contribution in [2.45, 2.75) is 26.7 Å². The molecule has 0 atom stereocenters. The van der Waals surface area contributed by atoms with E-state index in [1.807, 2.05) is 19.1 Å². The first kappa shape index (κ1) is 19.9. The largest absolute Gasteiger partial charge is 0.494 e. The minimum atomic E-state index is -0.725. The number of nitrogens with zero attached hydrogens (tertiary/aromatic N) is 3. The Kier molecular flexibility index (Phi) is 5.61. The van der Waals surface area contributed by atoms with Crippen LogP contribution in [0, 0.1) is 12.8 Å². The van der Waals surface area contributed by atoms with E-state index in [4.69, 9.17) is 16.3 Å². The van der Waals surface area contributed by atoms with Crippen molar-refractivity contribution < 1.29 is 14.6 Å². The molecule has 0 amide bonds. The molecule has 1 aromatic carbocycles. The van der Waals surface area contributed by atoms with Gasteiger partial charge in [-0.3, -0.25) is 4.79 Å². The molecule has 0 bridgehead atoms. The van der Waals surface area contributed by atoms with E-state index < -0.39 is 5.97 Å². The molecule has 6 nitrogen and oxygen atoms in total. The topological polar surface area (TPSA) is 75.6 Å². The molecule has 0 unspecified atom stereocenters. The average Bonchev–Trinajstić information content (AvgIpc) is 3.03. The van der Waals surface area contributed by atoms with Crippen molar-refractivity contribution in [3.63, 3.8) is 0 Å². The van der Waals surface area contributed by atoms with Crippen LogP contribution in [0.15, 0.2) is 24.3 Å². The Balaban J connectivity index is 1.78. The molecule has 29 heavy (non-hydrogen) atoms. The van der Waals surface area contributed by atoms with Crippen molar-refractivity contribution in [3.8, 4) is 16.9 Å². The Labute approximate surface area is 178 Å². The number of thiophene rings is 1. The summed E-state index contributed by atoms with van der Waals surface area (Å²) in [5.74, 6) is 0.603. The summed E-state index contributed by atoms with van der Waals surface area (Å²) in [6.07, 6.45) is 1.19. The van der Waals surface area contributed by atoms with Crippen molar-refractivity contribution in [2.75, 3.05) is 24.6 Å². The van der Waals surface area contributed by atoms with Gasteiger partial charge in [-0.2, -0.15) is 4.98 Å². The fourth-order valence-corrected chi connectivity index (χ4v) is 5.12. The summed E-state index contributed by atoms with van der Waals surface area (Å²) >= 11 is 7.83. The van der Waals surface area contributed by atoms with Gasteiger partial charge in [0.15, 0.2) is 0 Å². The Hall–Kier alpha value is -2.38. The molecule has 152 valence electrons. The van der Waals surface area contributed by atoms with Crippen molar-refractivity contribution in [1.29, 1.82) is 0 Å². The van der Waals surface area contributed by atoms with Crippen LogP contribution in [-0.4, -0.2) is 40.7 Å². The number of ether oxygens (including phenoxy) is 1. The van der Waals surface area contributed by atoms with Gasteiger partial charge in [-0.15, -0.1) is 11.3 Å². The van der Waals surface area contributed by atoms with E-state index in [1.165, 1.54) is 0 Å². The first-order valence-corrected chi connectivity index (χ1v) is 10.8. The predicted molar refractivity (Wildman–Crippen MR) is 116 cm³/mol. The molecular formula is C21H22ClN3O3S. The number of aliphatic carboxylic acids is 1. The van der Waals surface area contributed by atoms with Gasteiger partial charge in [-0.25, -0.2) is 4.98 Å². The third-order valence-corrected chi connectivity index (χ3v) is 6.45. The highest BCUT2D eigenvalue weighted by atomic mass is 35.5. The minimum absolute atomic E-state index is 0.215. The van der Waals surface area contributed by atoms with E-state index in [1.54, 1.807) is 11.3 Å². The van der Waals surface area contributed by atoms with Crippen molar-refractivity contribution in [2.24, 2.45) is 5.92 Å². The fraction of sp³-hybridized carbons (Fsp3) is 0.381. The molecule has 0 saturated carbocycles. The molecule has 1 N–H and O–H groups in total. The van der Waals surface area contributed by atoms with Gasteiger partial charge in [0.2, 0.25) is 5.28 Å². The normalized spacial score (nSPS) is 15.1. The molecule has 8 heteroatoms. The Morgan fingerprint density at radius 2 is 1.97 bits per heavy atom. The van der Waals surface area contributed by atoms with Crippen LogP contribution in [0.5, 0.6) is 5.75 Å². The third kappa shape index (κ3) is 3.89. The van der Waals surface area contributed by atoms with E-state index in [2.05, 4.69) is 33.9 Å². The van der Waals surface area contributed by atoms with Crippen LogP contribution in [-0.2, 0) is 4.79 Å². The van der Waals surface area contributed by atoms with Gasteiger partial charge in [-0.1, -0.05) is 12.1 Å². The van der Waals surface area contributed by atoms with Gasteiger partial charge >= 0.3 is 5.97 Å². The van der Waals surface area contributed by atoms with E-state index in [0.29, 0.717) is 32.5 Å². The van der Waals surface area contributed by atoms with Crippen molar-refractivity contribution in [1.82, 2.24) is 9.97 Å². The van der Waals surface area contributed by atoms with E-state index in [0.717, 1.165) is 37.8 Å². The number of aromatic nitrogens is 2. The molecule has 4 rings (SSSR count). The van der Waals surface area contributed by atoms with Gasteiger partial charge in [0.1, 0.15) is 16.4 Å². The van der Waals surface area contributed by atoms with Gasteiger partial charge in [-0.05, 0) is 56.0 Å². The molecule has 2 aromatic heterocycles.